The number of amides is 2. The molecule has 2 aromatic rings. The van der Waals surface area contributed by atoms with E-state index in [9.17, 15) is 14.7 Å². The van der Waals surface area contributed by atoms with Gasteiger partial charge in [0.25, 0.3) is 0 Å². The molecule has 1 aliphatic heterocycles. The van der Waals surface area contributed by atoms with E-state index in [0.717, 1.165) is 36.3 Å². The van der Waals surface area contributed by atoms with Crippen LogP contribution in [0.1, 0.15) is 55.9 Å². The van der Waals surface area contributed by atoms with Crippen LogP contribution in [0.3, 0.4) is 0 Å². The van der Waals surface area contributed by atoms with Gasteiger partial charge in [0.2, 0.25) is 0 Å². The molecule has 0 spiro atoms. The number of aliphatic carboxylic acids is 1. The fourth-order valence-electron chi connectivity index (χ4n) is 4.39. The van der Waals surface area contributed by atoms with E-state index in [1.807, 2.05) is 34.1 Å². The van der Waals surface area contributed by atoms with Crippen molar-refractivity contribution in [2.24, 2.45) is 5.41 Å². The van der Waals surface area contributed by atoms with Crippen molar-refractivity contribution in [3.63, 3.8) is 0 Å². The van der Waals surface area contributed by atoms with E-state index in [1.165, 1.54) is 11.1 Å². The molecule has 0 aromatic heterocycles. The molecule has 1 N–H and O–H groups in total. The zero-order chi connectivity index (χ0) is 24.9. The lowest BCUT2D eigenvalue weighted by atomic mass is 9.86. The third-order valence-electron chi connectivity index (χ3n) is 6.67. The summed E-state index contributed by atoms with van der Waals surface area (Å²) in [5, 5.41) is 9.32. The first-order chi connectivity index (χ1) is 16.1. The number of hydrogen-bond acceptors (Lipinski definition) is 3. The Morgan fingerprint density at radius 2 is 1.76 bits per heavy atom. The molecule has 0 aliphatic carbocycles. The van der Waals surface area contributed by atoms with Gasteiger partial charge in [-0.2, -0.15) is 0 Å². The van der Waals surface area contributed by atoms with E-state index in [2.05, 4.69) is 39.0 Å². The summed E-state index contributed by atoms with van der Waals surface area (Å²) in [5.41, 5.74) is 3.84. The average Bonchev–Trinajstić information content (AvgIpc) is 3.06. The van der Waals surface area contributed by atoms with Gasteiger partial charge in [0.15, 0.2) is 0 Å². The fraction of sp³-hybridized carbons (Fsp3) is 0.500. The van der Waals surface area contributed by atoms with E-state index in [4.69, 9.17) is 4.74 Å². The number of nitrogens with zero attached hydrogens (tertiary/aromatic N) is 2. The van der Waals surface area contributed by atoms with Gasteiger partial charge in [-0.25, -0.2) is 4.79 Å². The molecule has 1 aliphatic rings. The standard InChI is InChI=1S/C28H38N2O4/c1-6-14-30-24(19-29(27(30)33)18-23-8-7-20(2)21(3)16-23)13-15-34-25-11-9-22(10-12-25)17-28(4,5)26(31)32/h7-12,16,24H,6,13-15,17-19H2,1-5H3,(H,31,32). The van der Waals surface area contributed by atoms with Crippen molar-refractivity contribution in [2.45, 2.75) is 66.5 Å². The third-order valence-corrected chi connectivity index (χ3v) is 6.67. The Morgan fingerprint density at radius 1 is 1.09 bits per heavy atom. The molecule has 2 aromatic carbocycles. The topological polar surface area (TPSA) is 70.1 Å². The predicted octanol–water partition coefficient (Wildman–Crippen LogP) is 5.44. The van der Waals surface area contributed by atoms with Crippen LogP contribution in [0, 0.1) is 19.3 Å². The maximum atomic E-state index is 13.1. The van der Waals surface area contributed by atoms with Crippen LogP contribution in [-0.4, -0.2) is 52.6 Å². The Balaban J connectivity index is 1.56. The largest absolute Gasteiger partial charge is 0.494 e. The number of carboxylic acid groups (broad SMARTS) is 1. The highest BCUT2D eigenvalue weighted by Crippen LogP contribution is 2.25. The Bertz CT molecular complexity index is 1000. The first kappa shape index (κ1) is 25.6. The minimum Gasteiger partial charge on any atom is -0.494 e. The SMILES string of the molecule is CCCN1C(=O)N(Cc2ccc(C)c(C)c2)CC1CCOc1ccc(CC(C)(C)C(=O)O)cc1. The normalized spacial score (nSPS) is 16.3. The summed E-state index contributed by atoms with van der Waals surface area (Å²) in [4.78, 5) is 28.4. The minimum absolute atomic E-state index is 0.107. The van der Waals surface area contributed by atoms with Crippen LogP contribution in [0.4, 0.5) is 4.79 Å². The van der Waals surface area contributed by atoms with E-state index < -0.39 is 11.4 Å². The van der Waals surface area contributed by atoms with Crippen LogP contribution in [-0.2, 0) is 17.8 Å². The zero-order valence-electron chi connectivity index (χ0n) is 21.1. The van der Waals surface area contributed by atoms with Gasteiger partial charge < -0.3 is 19.6 Å². The van der Waals surface area contributed by atoms with Crippen LogP contribution < -0.4 is 4.74 Å². The van der Waals surface area contributed by atoms with Crippen molar-refractivity contribution in [1.82, 2.24) is 9.80 Å². The molecule has 6 nitrogen and oxygen atoms in total. The Kier molecular flexibility index (Phi) is 8.24. The molecule has 0 saturated carbocycles. The fourth-order valence-corrected chi connectivity index (χ4v) is 4.39. The molecular weight excluding hydrogens is 428 g/mol. The van der Waals surface area contributed by atoms with Crippen molar-refractivity contribution in [3.05, 3.63) is 64.7 Å². The summed E-state index contributed by atoms with van der Waals surface area (Å²) in [6.07, 6.45) is 2.16. The number of hydrogen-bond donors (Lipinski definition) is 1. The number of benzene rings is 2. The lowest BCUT2D eigenvalue weighted by molar-refractivity contribution is -0.146. The molecule has 34 heavy (non-hydrogen) atoms. The number of rotatable bonds is 11. The van der Waals surface area contributed by atoms with Gasteiger partial charge in [0.1, 0.15) is 5.75 Å². The van der Waals surface area contributed by atoms with Crippen LogP contribution in [0.2, 0.25) is 0 Å². The van der Waals surface area contributed by atoms with Gasteiger partial charge in [0, 0.05) is 26.1 Å². The Morgan fingerprint density at radius 3 is 2.38 bits per heavy atom. The van der Waals surface area contributed by atoms with Gasteiger partial charge in [-0.15, -0.1) is 0 Å². The second-order valence-corrected chi connectivity index (χ2v) is 10.1. The van der Waals surface area contributed by atoms with Crippen LogP contribution >= 0.6 is 0 Å². The summed E-state index contributed by atoms with van der Waals surface area (Å²) >= 11 is 0. The van der Waals surface area contributed by atoms with Crippen LogP contribution in [0.5, 0.6) is 5.75 Å². The number of carboxylic acids is 1. The molecular formula is C28H38N2O4. The van der Waals surface area contributed by atoms with E-state index in [0.29, 0.717) is 26.1 Å². The number of urea groups is 1. The molecule has 1 fully saturated rings. The zero-order valence-corrected chi connectivity index (χ0v) is 21.1. The first-order valence-electron chi connectivity index (χ1n) is 12.2. The van der Waals surface area contributed by atoms with Crippen LogP contribution in [0.15, 0.2) is 42.5 Å². The van der Waals surface area contributed by atoms with Crippen molar-refractivity contribution in [2.75, 3.05) is 19.7 Å². The molecule has 1 unspecified atom stereocenters. The highest BCUT2D eigenvalue weighted by Gasteiger charge is 2.36. The van der Waals surface area contributed by atoms with Crippen molar-refractivity contribution >= 4 is 12.0 Å². The number of ether oxygens (including phenoxy) is 1. The minimum atomic E-state index is -0.804. The Hall–Kier alpha value is -3.02. The summed E-state index contributed by atoms with van der Waals surface area (Å²) in [7, 11) is 0. The highest BCUT2D eigenvalue weighted by atomic mass is 16.5. The number of carbonyl (C=O) groups is 2. The second kappa shape index (κ2) is 10.9. The van der Waals surface area contributed by atoms with Crippen molar-refractivity contribution in [1.29, 1.82) is 0 Å². The number of aryl methyl sites for hydroxylation is 2. The van der Waals surface area contributed by atoms with E-state index in [-0.39, 0.29) is 12.1 Å². The summed E-state index contributed by atoms with van der Waals surface area (Å²) in [5.74, 6) is -0.0441. The van der Waals surface area contributed by atoms with E-state index in [1.54, 1.807) is 13.8 Å². The first-order valence-corrected chi connectivity index (χ1v) is 12.2. The lowest BCUT2D eigenvalue weighted by Crippen LogP contribution is -2.36. The molecule has 3 rings (SSSR count). The molecule has 6 heteroatoms. The van der Waals surface area contributed by atoms with Crippen molar-refractivity contribution in [3.8, 4) is 5.75 Å². The smallest absolute Gasteiger partial charge is 0.320 e. The van der Waals surface area contributed by atoms with Gasteiger partial charge in [0.05, 0.1) is 18.1 Å². The van der Waals surface area contributed by atoms with Crippen LogP contribution in [0.25, 0.3) is 0 Å². The molecule has 1 saturated heterocycles. The predicted molar refractivity (Wildman–Crippen MR) is 134 cm³/mol. The van der Waals surface area contributed by atoms with Crippen molar-refractivity contribution < 1.29 is 19.4 Å². The van der Waals surface area contributed by atoms with Gasteiger partial charge >= 0.3 is 12.0 Å². The highest BCUT2D eigenvalue weighted by molar-refractivity contribution is 5.77. The Labute approximate surface area is 203 Å². The molecule has 0 bridgehead atoms. The van der Waals surface area contributed by atoms with Gasteiger partial charge in [-0.1, -0.05) is 37.3 Å². The quantitative estimate of drug-likeness (QED) is 0.479. The average molecular weight is 467 g/mol. The summed E-state index contributed by atoms with van der Waals surface area (Å²) in [6.45, 7) is 12.4. The monoisotopic (exact) mass is 466 g/mol. The second-order valence-electron chi connectivity index (χ2n) is 10.1. The molecule has 2 amide bonds. The molecule has 0 radical (unpaired) electrons. The summed E-state index contributed by atoms with van der Waals surface area (Å²) in [6, 6.07) is 14.3. The van der Waals surface area contributed by atoms with Gasteiger partial charge in [-0.05, 0) is 74.9 Å². The molecule has 1 atom stereocenters. The maximum absolute atomic E-state index is 13.1. The summed E-state index contributed by atoms with van der Waals surface area (Å²) < 4.78 is 5.97. The lowest BCUT2D eigenvalue weighted by Gasteiger charge is -2.22. The number of carbonyl (C=O) groups excluding carboxylic acids is 1. The van der Waals surface area contributed by atoms with Gasteiger partial charge in [-0.3, -0.25) is 4.79 Å². The molecule has 1 heterocycles. The third kappa shape index (κ3) is 6.31. The van der Waals surface area contributed by atoms with E-state index >= 15 is 0 Å². The maximum Gasteiger partial charge on any atom is 0.320 e. The molecule has 184 valence electrons.